The number of hydrogen-bond acceptors (Lipinski definition) is 5. The van der Waals surface area contributed by atoms with Crippen LogP contribution in [0.2, 0.25) is 0 Å². The molecular weight excluding hydrogens is 476 g/mol. The van der Waals surface area contributed by atoms with E-state index in [1.54, 1.807) is 24.3 Å². The second-order valence-corrected chi connectivity index (χ2v) is 10.8. The van der Waals surface area contributed by atoms with Crippen LogP contribution in [0.25, 0.3) is 0 Å². The Balaban J connectivity index is 1.34. The van der Waals surface area contributed by atoms with Gasteiger partial charge in [-0.15, -0.1) is 0 Å². The number of unbranched alkanes of at least 4 members (excludes halogenated alkanes) is 7. The summed E-state index contributed by atoms with van der Waals surface area (Å²) in [6, 6.07) is 14.5. The predicted octanol–water partition coefficient (Wildman–Crippen LogP) is 8.91. The Morgan fingerprint density at radius 1 is 0.842 bits per heavy atom. The second kappa shape index (κ2) is 17.3. The number of carbonyl (C=O) groups excluding carboxylic acids is 1. The quantitative estimate of drug-likeness (QED) is 0.117. The maximum atomic E-state index is 12.6. The van der Waals surface area contributed by atoms with Crippen molar-refractivity contribution in [3.05, 3.63) is 59.7 Å². The molecule has 0 unspecified atom stereocenters. The third kappa shape index (κ3) is 10.8. The normalized spacial score (nSPS) is 18.2. The molecular formula is C33H48O5. The van der Waals surface area contributed by atoms with Crippen LogP contribution in [0.4, 0.5) is 0 Å². The molecule has 1 fully saturated rings. The van der Waals surface area contributed by atoms with Crippen molar-refractivity contribution in [2.45, 2.75) is 97.7 Å². The zero-order valence-electron chi connectivity index (χ0n) is 23.8. The van der Waals surface area contributed by atoms with Crippen LogP contribution in [0, 0.1) is 11.8 Å². The van der Waals surface area contributed by atoms with E-state index >= 15 is 0 Å². The highest BCUT2D eigenvalue weighted by molar-refractivity contribution is 5.91. The van der Waals surface area contributed by atoms with Gasteiger partial charge in [0.25, 0.3) is 0 Å². The van der Waals surface area contributed by atoms with Gasteiger partial charge in [0, 0.05) is 11.5 Å². The molecule has 0 bridgehead atoms. The summed E-state index contributed by atoms with van der Waals surface area (Å²) in [7, 11) is 0. The monoisotopic (exact) mass is 524 g/mol. The van der Waals surface area contributed by atoms with Crippen LogP contribution in [0.5, 0.6) is 11.5 Å². The van der Waals surface area contributed by atoms with Gasteiger partial charge in [0.15, 0.2) is 6.29 Å². The van der Waals surface area contributed by atoms with Crippen molar-refractivity contribution in [1.82, 2.24) is 0 Å². The Morgan fingerprint density at radius 3 is 2.08 bits per heavy atom. The molecule has 1 aliphatic heterocycles. The lowest BCUT2D eigenvalue weighted by molar-refractivity contribution is -0.206. The Labute approximate surface area is 230 Å². The van der Waals surface area contributed by atoms with E-state index in [9.17, 15) is 4.79 Å². The third-order valence-electron chi connectivity index (χ3n) is 7.45. The molecule has 210 valence electrons. The molecule has 3 rings (SSSR count). The van der Waals surface area contributed by atoms with Gasteiger partial charge in [-0.1, -0.05) is 90.7 Å². The summed E-state index contributed by atoms with van der Waals surface area (Å²) < 4.78 is 23.3. The standard InChI is InChI=1S/C33H48O5/c1-4-6-7-8-9-10-11-12-23-35-30-19-15-28(16-20-30)32(34)38-31-21-17-29(18-22-31)33-36-24-27(25-37-33)14-13-26(3)5-2/h15-22,26-27,33H,4-14,23-25H2,1-3H3/t26-,27?,33?/m0/s1. The fourth-order valence-corrected chi connectivity index (χ4v) is 4.60. The number of ether oxygens (including phenoxy) is 4. The van der Waals surface area contributed by atoms with Crippen molar-refractivity contribution in [1.29, 1.82) is 0 Å². The van der Waals surface area contributed by atoms with Gasteiger partial charge in [0.05, 0.1) is 25.4 Å². The van der Waals surface area contributed by atoms with E-state index in [0.29, 0.717) is 23.8 Å². The van der Waals surface area contributed by atoms with Gasteiger partial charge in [-0.3, -0.25) is 0 Å². The van der Waals surface area contributed by atoms with Crippen LogP contribution < -0.4 is 9.47 Å². The van der Waals surface area contributed by atoms with Crippen molar-refractivity contribution < 1.29 is 23.7 Å². The van der Waals surface area contributed by atoms with Crippen LogP contribution >= 0.6 is 0 Å². The Bertz CT molecular complexity index is 900. The first kappa shape index (κ1) is 30.2. The van der Waals surface area contributed by atoms with Gasteiger partial charge in [-0.2, -0.15) is 0 Å². The van der Waals surface area contributed by atoms with Crippen LogP contribution in [0.3, 0.4) is 0 Å². The van der Waals surface area contributed by atoms with Crippen LogP contribution in [0.1, 0.15) is 114 Å². The van der Waals surface area contributed by atoms with Gasteiger partial charge in [0.1, 0.15) is 11.5 Å². The first-order chi connectivity index (χ1) is 18.6. The van der Waals surface area contributed by atoms with Gasteiger partial charge >= 0.3 is 5.97 Å². The topological polar surface area (TPSA) is 54.0 Å². The van der Waals surface area contributed by atoms with E-state index in [0.717, 1.165) is 43.3 Å². The number of esters is 1. The van der Waals surface area contributed by atoms with E-state index in [1.807, 2.05) is 24.3 Å². The van der Waals surface area contributed by atoms with Crippen molar-refractivity contribution in [3.63, 3.8) is 0 Å². The summed E-state index contributed by atoms with van der Waals surface area (Å²) in [6.07, 6.45) is 13.4. The molecule has 2 aromatic rings. The number of carbonyl (C=O) groups is 1. The molecule has 5 nitrogen and oxygen atoms in total. The minimum absolute atomic E-state index is 0.363. The highest BCUT2D eigenvalue weighted by Gasteiger charge is 2.24. The minimum Gasteiger partial charge on any atom is -0.494 e. The maximum Gasteiger partial charge on any atom is 0.343 e. The predicted molar refractivity (Wildman–Crippen MR) is 153 cm³/mol. The lowest BCUT2D eigenvalue weighted by Gasteiger charge is -2.30. The van der Waals surface area contributed by atoms with E-state index in [-0.39, 0.29) is 12.3 Å². The summed E-state index contributed by atoms with van der Waals surface area (Å²) in [5, 5.41) is 0. The largest absolute Gasteiger partial charge is 0.494 e. The molecule has 0 aromatic heterocycles. The van der Waals surface area contributed by atoms with Gasteiger partial charge < -0.3 is 18.9 Å². The molecule has 1 atom stereocenters. The zero-order valence-corrected chi connectivity index (χ0v) is 23.8. The minimum atomic E-state index is -0.387. The van der Waals surface area contributed by atoms with Gasteiger partial charge in [-0.25, -0.2) is 4.79 Å². The SMILES string of the molecule is CCCCCCCCCCOc1ccc(C(=O)Oc2ccc(C3OCC(CC[C@@H](C)CC)CO3)cc2)cc1. The van der Waals surface area contributed by atoms with E-state index in [2.05, 4.69) is 20.8 Å². The van der Waals surface area contributed by atoms with E-state index < -0.39 is 0 Å². The summed E-state index contributed by atoms with van der Waals surface area (Å²) >= 11 is 0. The molecule has 1 saturated heterocycles. The zero-order chi connectivity index (χ0) is 27.0. The molecule has 1 heterocycles. The second-order valence-electron chi connectivity index (χ2n) is 10.8. The fourth-order valence-electron chi connectivity index (χ4n) is 4.60. The molecule has 1 aliphatic rings. The highest BCUT2D eigenvalue weighted by atomic mass is 16.7. The molecule has 5 heteroatoms. The first-order valence-electron chi connectivity index (χ1n) is 14.9. The molecule has 0 radical (unpaired) electrons. The van der Waals surface area contributed by atoms with E-state index in [1.165, 1.54) is 57.8 Å². The summed E-state index contributed by atoms with van der Waals surface area (Å²) in [5.74, 6) is 2.10. The maximum absolute atomic E-state index is 12.6. The molecule has 0 spiro atoms. The summed E-state index contributed by atoms with van der Waals surface area (Å²) in [4.78, 5) is 12.6. The number of benzene rings is 2. The van der Waals surface area contributed by atoms with Crippen molar-refractivity contribution in [2.75, 3.05) is 19.8 Å². The van der Waals surface area contributed by atoms with Gasteiger partial charge in [-0.05, 0) is 55.2 Å². The summed E-state index contributed by atoms with van der Waals surface area (Å²) in [6.45, 7) is 8.92. The smallest absolute Gasteiger partial charge is 0.343 e. The Morgan fingerprint density at radius 2 is 1.45 bits per heavy atom. The van der Waals surface area contributed by atoms with Crippen molar-refractivity contribution in [2.24, 2.45) is 11.8 Å². The highest BCUT2D eigenvalue weighted by Crippen LogP contribution is 2.29. The fraction of sp³-hybridized carbons (Fsp3) is 0.606. The van der Waals surface area contributed by atoms with Crippen molar-refractivity contribution in [3.8, 4) is 11.5 Å². The molecule has 0 saturated carbocycles. The number of rotatable bonds is 17. The molecule has 0 amide bonds. The Hall–Kier alpha value is -2.37. The number of hydrogen-bond donors (Lipinski definition) is 0. The first-order valence-corrected chi connectivity index (χ1v) is 14.9. The molecule has 2 aromatic carbocycles. The lowest BCUT2D eigenvalue weighted by atomic mass is 9.96. The average molecular weight is 525 g/mol. The molecule has 0 N–H and O–H groups in total. The van der Waals surface area contributed by atoms with Crippen molar-refractivity contribution >= 4 is 5.97 Å². The third-order valence-corrected chi connectivity index (χ3v) is 7.45. The molecule has 0 aliphatic carbocycles. The average Bonchev–Trinajstić information content (AvgIpc) is 2.96. The lowest BCUT2D eigenvalue weighted by Crippen LogP contribution is -2.27. The van der Waals surface area contributed by atoms with Gasteiger partial charge in [0.2, 0.25) is 0 Å². The van der Waals surface area contributed by atoms with Crippen LogP contribution in [-0.4, -0.2) is 25.8 Å². The molecule has 38 heavy (non-hydrogen) atoms. The van der Waals surface area contributed by atoms with Crippen LogP contribution in [0.15, 0.2) is 48.5 Å². The van der Waals surface area contributed by atoms with E-state index in [4.69, 9.17) is 18.9 Å². The Kier molecular flexibility index (Phi) is 13.7. The summed E-state index contributed by atoms with van der Waals surface area (Å²) in [5.41, 5.74) is 1.43. The van der Waals surface area contributed by atoms with Crippen LogP contribution in [-0.2, 0) is 9.47 Å².